The van der Waals surface area contributed by atoms with Crippen LogP contribution in [0.2, 0.25) is 0 Å². The molecule has 0 unspecified atom stereocenters. The van der Waals surface area contributed by atoms with Gasteiger partial charge in [-0.2, -0.15) is 0 Å². The molecule has 1 aliphatic carbocycles. The van der Waals surface area contributed by atoms with E-state index in [1.54, 1.807) is 0 Å². The maximum absolute atomic E-state index is 12.7. The van der Waals surface area contributed by atoms with Crippen LogP contribution in [0.4, 0.5) is 0 Å². The van der Waals surface area contributed by atoms with Gasteiger partial charge in [-0.15, -0.1) is 0 Å². The van der Waals surface area contributed by atoms with E-state index in [1.807, 2.05) is 0 Å². The van der Waals surface area contributed by atoms with Crippen LogP contribution in [0, 0.1) is 17.3 Å². The lowest BCUT2D eigenvalue weighted by Crippen LogP contribution is -2.52. The Bertz CT molecular complexity index is 265. The molecule has 0 aromatic heterocycles. The van der Waals surface area contributed by atoms with Crippen molar-refractivity contribution < 1.29 is 4.79 Å². The maximum atomic E-state index is 12.7. The van der Waals surface area contributed by atoms with E-state index < -0.39 is 0 Å². The van der Waals surface area contributed by atoms with Crippen LogP contribution in [0.3, 0.4) is 0 Å². The summed E-state index contributed by atoms with van der Waals surface area (Å²) >= 11 is 0. The van der Waals surface area contributed by atoms with Gasteiger partial charge in [0.15, 0.2) is 0 Å². The van der Waals surface area contributed by atoms with Crippen LogP contribution in [0.15, 0.2) is 0 Å². The maximum Gasteiger partial charge on any atom is 0.230 e. The number of carbonyl (C=O) groups excluding carboxylic acids is 1. The van der Waals surface area contributed by atoms with E-state index in [2.05, 4.69) is 32.6 Å². The van der Waals surface area contributed by atoms with Crippen molar-refractivity contribution in [1.82, 2.24) is 4.90 Å². The van der Waals surface area contributed by atoms with E-state index in [4.69, 9.17) is 5.73 Å². The third kappa shape index (κ3) is 4.48. The second-order valence-corrected chi connectivity index (χ2v) is 7.00. The minimum atomic E-state index is -0.214. The molecule has 0 aromatic carbocycles. The molecule has 1 amide bonds. The summed E-state index contributed by atoms with van der Waals surface area (Å²) in [4.78, 5) is 14.8. The molecule has 1 rings (SSSR count). The predicted octanol–water partition coefficient (Wildman–Crippen LogP) is 3.04. The molecular formula is C16H32N2O. The molecule has 1 saturated carbocycles. The van der Waals surface area contributed by atoms with Crippen molar-refractivity contribution >= 4 is 5.91 Å². The molecule has 19 heavy (non-hydrogen) atoms. The van der Waals surface area contributed by atoms with E-state index in [0.29, 0.717) is 24.3 Å². The normalized spacial score (nSPS) is 17.6. The highest BCUT2D eigenvalue weighted by molar-refractivity contribution is 5.84. The topological polar surface area (TPSA) is 46.3 Å². The number of amides is 1. The molecule has 1 aliphatic rings. The number of hydrogen-bond acceptors (Lipinski definition) is 2. The summed E-state index contributed by atoms with van der Waals surface area (Å²) in [7, 11) is 0. The van der Waals surface area contributed by atoms with Gasteiger partial charge in [0.1, 0.15) is 0 Å². The average molecular weight is 268 g/mol. The van der Waals surface area contributed by atoms with Gasteiger partial charge >= 0.3 is 0 Å². The highest BCUT2D eigenvalue weighted by Crippen LogP contribution is 2.41. The van der Waals surface area contributed by atoms with Gasteiger partial charge in [-0.05, 0) is 37.5 Å². The van der Waals surface area contributed by atoms with Gasteiger partial charge in [0, 0.05) is 19.6 Å². The fourth-order valence-corrected chi connectivity index (χ4v) is 2.59. The number of carbonyl (C=O) groups is 1. The molecule has 1 fully saturated rings. The van der Waals surface area contributed by atoms with Crippen LogP contribution in [-0.4, -0.2) is 30.4 Å². The highest BCUT2D eigenvalue weighted by Gasteiger charge is 2.44. The Morgan fingerprint density at radius 1 is 1.11 bits per heavy atom. The molecule has 0 aromatic rings. The van der Waals surface area contributed by atoms with E-state index in [9.17, 15) is 4.79 Å². The van der Waals surface area contributed by atoms with Gasteiger partial charge in [-0.3, -0.25) is 4.79 Å². The molecule has 2 N–H and O–H groups in total. The lowest BCUT2D eigenvalue weighted by molar-refractivity contribution is -0.147. The Hall–Kier alpha value is -0.570. The SMILES string of the molecule is CC(C)CCN(CCC(C)C)C(=O)C1(CN)CCC1. The zero-order valence-corrected chi connectivity index (χ0v) is 13.2. The Kier molecular flexibility index (Phi) is 6.31. The van der Waals surface area contributed by atoms with Gasteiger partial charge in [0.2, 0.25) is 5.91 Å². The molecule has 112 valence electrons. The van der Waals surface area contributed by atoms with Crippen LogP contribution in [0.5, 0.6) is 0 Å². The van der Waals surface area contributed by atoms with Crippen molar-refractivity contribution in [3.05, 3.63) is 0 Å². The summed E-state index contributed by atoms with van der Waals surface area (Å²) in [5, 5.41) is 0. The third-order valence-corrected chi connectivity index (χ3v) is 4.40. The average Bonchev–Trinajstić information content (AvgIpc) is 2.27. The first-order valence-corrected chi connectivity index (χ1v) is 7.90. The standard InChI is InChI=1S/C16H32N2O/c1-13(2)6-10-18(11-7-14(3)4)15(19)16(12-17)8-5-9-16/h13-14H,5-12,17H2,1-4H3. The first-order chi connectivity index (χ1) is 8.91. The first-order valence-electron chi connectivity index (χ1n) is 7.90. The van der Waals surface area contributed by atoms with E-state index >= 15 is 0 Å². The zero-order chi connectivity index (χ0) is 14.5. The Morgan fingerprint density at radius 2 is 1.58 bits per heavy atom. The molecule has 3 heteroatoms. The van der Waals surface area contributed by atoms with Crippen LogP contribution >= 0.6 is 0 Å². The Morgan fingerprint density at radius 3 is 1.84 bits per heavy atom. The molecule has 0 spiro atoms. The van der Waals surface area contributed by atoms with Crippen molar-refractivity contribution in [1.29, 1.82) is 0 Å². The summed E-state index contributed by atoms with van der Waals surface area (Å²) in [6.07, 6.45) is 5.31. The van der Waals surface area contributed by atoms with Crippen molar-refractivity contribution in [2.75, 3.05) is 19.6 Å². The smallest absolute Gasteiger partial charge is 0.230 e. The Labute approximate surface area is 118 Å². The van der Waals surface area contributed by atoms with Crippen LogP contribution in [0.25, 0.3) is 0 Å². The molecule has 0 heterocycles. The lowest BCUT2D eigenvalue weighted by atomic mass is 9.67. The minimum Gasteiger partial charge on any atom is -0.342 e. The zero-order valence-electron chi connectivity index (χ0n) is 13.2. The van der Waals surface area contributed by atoms with Crippen LogP contribution < -0.4 is 5.73 Å². The van der Waals surface area contributed by atoms with Gasteiger partial charge in [-0.1, -0.05) is 34.1 Å². The lowest BCUT2D eigenvalue weighted by Gasteiger charge is -2.43. The molecular weight excluding hydrogens is 236 g/mol. The fourth-order valence-electron chi connectivity index (χ4n) is 2.59. The molecule has 0 radical (unpaired) electrons. The van der Waals surface area contributed by atoms with Crippen molar-refractivity contribution in [3.63, 3.8) is 0 Å². The molecule has 0 bridgehead atoms. The van der Waals surface area contributed by atoms with Crippen molar-refractivity contribution in [3.8, 4) is 0 Å². The summed E-state index contributed by atoms with van der Waals surface area (Å²) in [5.41, 5.74) is 5.66. The predicted molar refractivity (Wildman–Crippen MR) is 80.8 cm³/mol. The van der Waals surface area contributed by atoms with Crippen LogP contribution in [0.1, 0.15) is 59.8 Å². The Balaban J connectivity index is 2.62. The number of hydrogen-bond donors (Lipinski definition) is 1. The van der Waals surface area contributed by atoms with Gasteiger partial charge in [-0.25, -0.2) is 0 Å². The van der Waals surface area contributed by atoms with E-state index in [0.717, 1.165) is 45.2 Å². The first kappa shape index (κ1) is 16.5. The summed E-state index contributed by atoms with van der Waals surface area (Å²) < 4.78 is 0. The summed E-state index contributed by atoms with van der Waals surface area (Å²) in [5.74, 6) is 1.61. The summed E-state index contributed by atoms with van der Waals surface area (Å²) in [6.45, 7) is 11.2. The second kappa shape index (κ2) is 7.28. The van der Waals surface area contributed by atoms with Gasteiger partial charge in [0.25, 0.3) is 0 Å². The van der Waals surface area contributed by atoms with Crippen LogP contribution in [-0.2, 0) is 4.79 Å². The van der Waals surface area contributed by atoms with E-state index in [-0.39, 0.29) is 5.41 Å². The molecule has 0 atom stereocenters. The third-order valence-electron chi connectivity index (χ3n) is 4.40. The summed E-state index contributed by atoms with van der Waals surface area (Å²) in [6, 6.07) is 0. The van der Waals surface area contributed by atoms with Gasteiger partial charge in [0.05, 0.1) is 5.41 Å². The second-order valence-electron chi connectivity index (χ2n) is 7.00. The monoisotopic (exact) mass is 268 g/mol. The number of nitrogens with two attached hydrogens (primary N) is 1. The largest absolute Gasteiger partial charge is 0.342 e. The van der Waals surface area contributed by atoms with Crippen molar-refractivity contribution in [2.24, 2.45) is 23.0 Å². The molecule has 0 aliphatic heterocycles. The highest BCUT2D eigenvalue weighted by atomic mass is 16.2. The quantitative estimate of drug-likeness (QED) is 0.735. The fraction of sp³-hybridized carbons (Fsp3) is 0.938. The van der Waals surface area contributed by atoms with Gasteiger partial charge < -0.3 is 10.6 Å². The molecule has 3 nitrogen and oxygen atoms in total. The number of rotatable bonds is 8. The number of nitrogens with zero attached hydrogens (tertiary/aromatic N) is 1. The van der Waals surface area contributed by atoms with Crippen molar-refractivity contribution in [2.45, 2.75) is 59.8 Å². The molecule has 0 saturated heterocycles. The van der Waals surface area contributed by atoms with E-state index in [1.165, 1.54) is 0 Å². The minimum absolute atomic E-state index is 0.214.